The molecule has 3 aromatic rings. The molecule has 2 aromatic carbocycles. The fourth-order valence-electron chi connectivity index (χ4n) is 4.37. The zero-order valence-electron chi connectivity index (χ0n) is 19.6. The van der Waals surface area contributed by atoms with Crippen molar-refractivity contribution in [3.8, 4) is 11.5 Å². The second-order valence-corrected chi connectivity index (χ2v) is 8.60. The summed E-state index contributed by atoms with van der Waals surface area (Å²) in [6.45, 7) is 0.396. The van der Waals surface area contributed by atoms with Crippen LogP contribution < -0.4 is 9.47 Å². The Labute approximate surface area is 205 Å². The molecule has 0 amide bonds. The van der Waals surface area contributed by atoms with Crippen molar-refractivity contribution in [3.63, 3.8) is 0 Å². The van der Waals surface area contributed by atoms with Gasteiger partial charge in [0.05, 0.1) is 32.1 Å². The van der Waals surface area contributed by atoms with Crippen LogP contribution in [0.4, 0.5) is 13.2 Å². The van der Waals surface area contributed by atoms with Gasteiger partial charge in [-0.3, -0.25) is 0 Å². The van der Waals surface area contributed by atoms with E-state index in [-0.39, 0.29) is 30.1 Å². The smallest absolute Gasteiger partial charge is 0.497 e. The van der Waals surface area contributed by atoms with Gasteiger partial charge in [-0.05, 0) is 67.0 Å². The molecule has 36 heavy (non-hydrogen) atoms. The molecular formula is C25H26F3N3O5. The van der Waals surface area contributed by atoms with Gasteiger partial charge in [-0.1, -0.05) is 29.5 Å². The van der Waals surface area contributed by atoms with Crippen molar-refractivity contribution in [1.29, 1.82) is 0 Å². The third kappa shape index (κ3) is 6.54. The molecule has 1 heterocycles. The Kier molecular flexibility index (Phi) is 7.78. The lowest BCUT2D eigenvalue weighted by atomic mass is 9.83. The van der Waals surface area contributed by atoms with Crippen molar-refractivity contribution in [3.05, 3.63) is 71.0 Å². The summed E-state index contributed by atoms with van der Waals surface area (Å²) in [7, 11) is 1.58. The predicted molar refractivity (Wildman–Crippen MR) is 122 cm³/mol. The van der Waals surface area contributed by atoms with Crippen LogP contribution in [0.1, 0.15) is 58.9 Å². The first-order valence-corrected chi connectivity index (χ1v) is 11.5. The number of hydrogen-bond donors (Lipinski definition) is 1. The second-order valence-electron chi connectivity index (χ2n) is 8.60. The molecule has 4 rings (SSSR count). The summed E-state index contributed by atoms with van der Waals surface area (Å²) in [6.07, 6.45) is -1.68. The second kappa shape index (κ2) is 11.0. The molecule has 0 bridgehead atoms. The van der Waals surface area contributed by atoms with Crippen molar-refractivity contribution in [2.24, 2.45) is 0 Å². The number of rotatable bonds is 9. The van der Waals surface area contributed by atoms with Gasteiger partial charge in [-0.25, -0.2) is 9.48 Å². The number of methoxy groups -OCH3 is 1. The van der Waals surface area contributed by atoms with Crippen molar-refractivity contribution in [1.82, 2.24) is 15.0 Å². The molecule has 0 saturated heterocycles. The van der Waals surface area contributed by atoms with Crippen molar-refractivity contribution >= 4 is 5.97 Å². The summed E-state index contributed by atoms with van der Waals surface area (Å²) >= 11 is 0. The van der Waals surface area contributed by atoms with E-state index in [1.807, 2.05) is 24.3 Å². The van der Waals surface area contributed by atoms with Crippen LogP contribution in [0.3, 0.4) is 0 Å². The summed E-state index contributed by atoms with van der Waals surface area (Å²) in [5.74, 6) is -0.483. The van der Waals surface area contributed by atoms with Gasteiger partial charge in [0.1, 0.15) is 11.5 Å². The zero-order chi connectivity index (χ0) is 25.7. The van der Waals surface area contributed by atoms with Gasteiger partial charge in [-0.15, -0.1) is 18.3 Å². The Morgan fingerprint density at radius 3 is 2.25 bits per heavy atom. The molecule has 1 aliphatic rings. The minimum atomic E-state index is -4.71. The molecule has 0 unspecified atom stereocenters. The van der Waals surface area contributed by atoms with Crippen molar-refractivity contribution < 1.29 is 37.3 Å². The maximum Gasteiger partial charge on any atom is 0.573 e. The van der Waals surface area contributed by atoms with Crippen molar-refractivity contribution in [2.45, 2.75) is 57.2 Å². The van der Waals surface area contributed by atoms with Crippen LogP contribution in [-0.2, 0) is 17.9 Å². The summed E-state index contributed by atoms with van der Waals surface area (Å²) in [5, 5.41) is 17.4. The number of aromatic carboxylic acids is 1. The molecule has 192 valence electrons. The summed E-state index contributed by atoms with van der Waals surface area (Å²) in [6, 6.07) is 13.4. The third-order valence-electron chi connectivity index (χ3n) is 6.25. The Hall–Kier alpha value is -3.60. The number of aromatic nitrogens is 3. The van der Waals surface area contributed by atoms with E-state index in [0.29, 0.717) is 18.0 Å². The minimum absolute atomic E-state index is 0.0591. The molecule has 1 saturated carbocycles. The molecule has 0 atom stereocenters. The van der Waals surface area contributed by atoms with Crippen LogP contribution in [0, 0.1) is 0 Å². The van der Waals surface area contributed by atoms with Gasteiger partial charge in [0.25, 0.3) is 0 Å². The number of halogens is 3. The normalized spacial score (nSPS) is 18.1. The average Bonchev–Trinajstić information content (AvgIpc) is 3.26. The number of carboxylic acid groups (broad SMARTS) is 1. The van der Waals surface area contributed by atoms with Gasteiger partial charge >= 0.3 is 12.3 Å². The van der Waals surface area contributed by atoms with E-state index in [1.165, 1.54) is 16.8 Å². The van der Waals surface area contributed by atoms with Gasteiger partial charge in [0.2, 0.25) is 0 Å². The predicted octanol–water partition coefficient (Wildman–Crippen LogP) is 5.17. The highest BCUT2D eigenvalue weighted by Gasteiger charge is 2.31. The summed E-state index contributed by atoms with van der Waals surface area (Å²) in [5.41, 5.74) is 2.11. The van der Waals surface area contributed by atoms with Gasteiger partial charge < -0.3 is 19.3 Å². The topological polar surface area (TPSA) is 95.7 Å². The summed E-state index contributed by atoms with van der Waals surface area (Å²) < 4.78 is 53.8. The quantitative estimate of drug-likeness (QED) is 0.428. The Balaban J connectivity index is 1.34. The van der Waals surface area contributed by atoms with E-state index in [2.05, 4.69) is 15.0 Å². The SMILES string of the molecule is COc1ccc(Cn2nnc(C(=O)O)c2COC2CCC(c3ccc(OC(F)(F)F)cc3)CC2)cc1. The summed E-state index contributed by atoms with van der Waals surface area (Å²) in [4.78, 5) is 11.7. The van der Waals surface area contributed by atoms with E-state index in [0.717, 1.165) is 36.8 Å². The van der Waals surface area contributed by atoms with Gasteiger partial charge in [0, 0.05) is 0 Å². The lowest BCUT2D eigenvalue weighted by molar-refractivity contribution is -0.274. The first-order chi connectivity index (χ1) is 17.2. The van der Waals surface area contributed by atoms with E-state index in [1.54, 1.807) is 19.2 Å². The molecule has 0 radical (unpaired) electrons. The Morgan fingerprint density at radius 2 is 1.67 bits per heavy atom. The fraction of sp³-hybridized carbons (Fsp3) is 0.400. The maximum atomic E-state index is 12.4. The zero-order valence-corrected chi connectivity index (χ0v) is 19.6. The molecule has 11 heteroatoms. The Morgan fingerprint density at radius 1 is 1.03 bits per heavy atom. The highest BCUT2D eigenvalue weighted by molar-refractivity contribution is 5.86. The first-order valence-electron chi connectivity index (χ1n) is 11.5. The van der Waals surface area contributed by atoms with Gasteiger partial charge in [-0.2, -0.15) is 0 Å². The van der Waals surface area contributed by atoms with E-state index in [9.17, 15) is 23.1 Å². The number of nitrogens with zero attached hydrogens (tertiary/aromatic N) is 3. The molecule has 0 spiro atoms. The lowest BCUT2D eigenvalue weighted by Gasteiger charge is -2.29. The number of alkyl halides is 3. The molecule has 1 aliphatic carbocycles. The average molecular weight is 505 g/mol. The standard InChI is InChI=1S/C25H26F3N3O5/c1-34-19-8-2-16(3-9-19)14-31-22(23(24(32)33)29-30-31)15-35-20-10-4-17(5-11-20)18-6-12-21(13-7-18)36-25(26,27)28/h2-3,6-9,12-13,17,20H,4-5,10-11,14-15H2,1H3,(H,32,33). The van der Waals surface area contributed by atoms with Crippen LogP contribution in [0.15, 0.2) is 48.5 Å². The number of hydrogen-bond acceptors (Lipinski definition) is 6. The van der Waals surface area contributed by atoms with E-state index >= 15 is 0 Å². The molecule has 1 fully saturated rings. The maximum absolute atomic E-state index is 12.4. The molecule has 1 aromatic heterocycles. The lowest BCUT2D eigenvalue weighted by Crippen LogP contribution is -2.22. The van der Waals surface area contributed by atoms with Crippen molar-refractivity contribution in [2.75, 3.05) is 7.11 Å². The van der Waals surface area contributed by atoms with Crippen LogP contribution in [-0.4, -0.2) is 45.6 Å². The molecule has 1 N–H and O–H groups in total. The van der Waals surface area contributed by atoms with Crippen LogP contribution in [0.2, 0.25) is 0 Å². The number of benzene rings is 2. The first kappa shape index (κ1) is 25.5. The molecular weight excluding hydrogens is 479 g/mol. The third-order valence-corrected chi connectivity index (χ3v) is 6.25. The highest BCUT2D eigenvalue weighted by atomic mass is 19.4. The molecule has 0 aliphatic heterocycles. The highest BCUT2D eigenvalue weighted by Crippen LogP contribution is 2.35. The monoisotopic (exact) mass is 505 g/mol. The fourth-order valence-corrected chi connectivity index (χ4v) is 4.37. The number of carbonyl (C=O) groups is 1. The van der Waals surface area contributed by atoms with Crippen LogP contribution in [0.5, 0.6) is 11.5 Å². The molecule has 8 nitrogen and oxygen atoms in total. The largest absolute Gasteiger partial charge is 0.573 e. The van der Waals surface area contributed by atoms with E-state index < -0.39 is 12.3 Å². The number of ether oxygens (including phenoxy) is 3. The van der Waals surface area contributed by atoms with Crippen LogP contribution >= 0.6 is 0 Å². The number of carboxylic acids is 1. The van der Waals surface area contributed by atoms with E-state index in [4.69, 9.17) is 9.47 Å². The van der Waals surface area contributed by atoms with Crippen LogP contribution in [0.25, 0.3) is 0 Å². The van der Waals surface area contributed by atoms with Gasteiger partial charge in [0.15, 0.2) is 5.69 Å². The Bertz CT molecular complexity index is 1160. The minimum Gasteiger partial charge on any atom is -0.497 e.